The normalized spacial score (nSPS) is 11.8. The number of sulfone groups is 1. The summed E-state index contributed by atoms with van der Waals surface area (Å²) >= 11 is 0. The molecule has 2 N–H and O–H groups in total. The van der Waals surface area contributed by atoms with Crippen molar-refractivity contribution >= 4 is 32.3 Å². The van der Waals surface area contributed by atoms with Crippen molar-refractivity contribution in [2.24, 2.45) is 7.05 Å². The maximum atomic E-state index is 12.4. The highest BCUT2D eigenvalue weighted by Crippen LogP contribution is 2.29. The Hall–Kier alpha value is -2.54. The lowest BCUT2D eigenvalue weighted by Gasteiger charge is -2.07. The second-order valence-electron chi connectivity index (χ2n) is 5.56. The number of fused-ring (bicyclic) bond motifs is 1. The van der Waals surface area contributed by atoms with E-state index in [9.17, 15) is 13.2 Å². The lowest BCUT2D eigenvalue weighted by Crippen LogP contribution is -2.15. The molecule has 0 saturated carbocycles. The van der Waals surface area contributed by atoms with Crippen LogP contribution < -0.4 is 5.32 Å². The van der Waals surface area contributed by atoms with Gasteiger partial charge in [-0.25, -0.2) is 8.42 Å². The van der Waals surface area contributed by atoms with E-state index in [1.807, 2.05) is 6.92 Å². The topological polar surface area (TPSA) is 84.0 Å². The van der Waals surface area contributed by atoms with Crippen LogP contribution in [-0.2, 0) is 16.9 Å². The van der Waals surface area contributed by atoms with Crippen LogP contribution in [0.5, 0.6) is 0 Å². The highest BCUT2D eigenvalue weighted by molar-refractivity contribution is 7.90. The second kappa shape index (κ2) is 5.27. The van der Waals surface area contributed by atoms with Gasteiger partial charge in [-0.05, 0) is 37.3 Å². The van der Waals surface area contributed by atoms with Crippen LogP contribution in [0.2, 0.25) is 0 Å². The van der Waals surface area contributed by atoms with E-state index in [0.717, 1.165) is 17.5 Å². The molecule has 0 bridgehead atoms. The summed E-state index contributed by atoms with van der Waals surface area (Å²) in [6.45, 7) is 1.83. The van der Waals surface area contributed by atoms with Crippen LogP contribution in [-0.4, -0.2) is 30.1 Å². The Kier molecular flexibility index (Phi) is 3.52. The lowest BCUT2D eigenvalue weighted by molar-refractivity contribution is 0.101. The van der Waals surface area contributed by atoms with Crippen LogP contribution in [0.15, 0.2) is 41.4 Å². The molecule has 1 aromatic carbocycles. The molecule has 120 valence electrons. The number of anilines is 1. The third-order valence-corrected chi connectivity index (χ3v) is 4.91. The summed E-state index contributed by atoms with van der Waals surface area (Å²) in [5.74, 6) is -0.244. The van der Waals surface area contributed by atoms with Gasteiger partial charge in [-0.1, -0.05) is 0 Å². The molecule has 0 fully saturated rings. The zero-order valence-electron chi connectivity index (χ0n) is 13.0. The van der Waals surface area contributed by atoms with E-state index >= 15 is 0 Å². The molecule has 0 atom stereocenters. The molecular formula is C16H17N3O3S. The van der Waals surface area contributed by atoms with Crippen LogP contribution in [0.1, 0.15) is 16.2 Å². The van der Waals surface area contributed by atoms with E-state index in [-0.39, 0.29) is 10.8 Å². The summed E-state index contributed by atoms with van der Waals surface area (Å²) in [4.78, 5) is 15.8. The van der Waals surface area contributed by atoms with Crippen molar-refractivity contribution in [2.45, 2.75) is 11.8 Å². The van der Waals surface area contributed by atoms with Crippen LogP contribution >= 0.6 is 0 Å². The van der Waals surface area contributed by atoms with E-state index < -0.39 is 9.84 Å². The minimum atomic E-state index is -3.31. The average Bonchev–Trinajstić information content (AvgIpc) is 3.02. The van der Waals surface area contributed by atoms with Crippen LogP contribution in [0.25, 0.3) is 10.9 Å². The number of hydrogen-bond donors (Lipinski definition) is 2. The fraction of sp³-hybridized carbons (Fsp3) is 0.188. The van der Waals surface area contributed by atoms with Gasteiger partial charge < -0.3 is 14.9 Å². The average molecular weight is 331 g/mol. The minimum Gasteiger partial charge on any atom is -0.357 e. The molecule has 0 saturated heterocycles. The molecule has 0 radical (unpaired) electrons. The summed E-state index contributed by atoms with van der Waals surface area (Å²) < 4.78 is 25.2. The molecule has 0 aliphatic carbocycles. The minimum absolute atomic E-state index is 0.221. The van der Waals surface area contributed by atoms with Crippen molar-refractivity contribution in [1.82, 2.24) is 9.55 Å². The van der Waals surface area contributed by atoms with E-state index in [1.54, 1.807) is 48.1 Å². The number of aryl methyl sites for hydroxylation is 2. The summed E-state index contributed by atoms with van der Waals surface area (Å²) in [6.07, 6.45) is 2.95. The fourth-order valence-corrected chi connectivity index (χ4v) is 3.22. The van der Waals surface area contributed by atoms with Crippen LogP contribution in [0.4, 0.5) is 5.69 Å². The molecule has 0 spiro atoms. The number of nitrogens with zero attached hydrogens (tertiary/aromatic N) is 1. The Morgan fingerprint density at radius 3 is 2.61 bits per heavy atom. The summed E-state index contributed by atoms with van der Waals surface area (Å²) in [7, 11) is -1.52. The van der Waals surface area contributed by atoms with Crippen LogP contribution in [0, 0.1) is 6.92 Å². The van der Waals surface area contributed by atoms with Crippen molar-refractivity contribution in [1.29, 1.82) is 0 Å². The van der Waals surface area contributed by atoms with Crippen molar-refractivity contribution < 1.29 is 13.2 Å². The Labute approximate surface area is 134 Å². The lowest BCUT2D eigenvalue weighted by atomic mass is 10.2. The van der Waals surface area contributed by atoms with Gasteiger partial charge in [0.2, 0.25) is 0 Å². The molecular weight excluding hydrogens is 314 g/mol. The first kappa shape index (κ1) is 15.4. The standard InChI is InChI=1S/C16H17N3O3S/c1-10-15(18-16(20)14-5-4-8-19(14)2)12-9-11(23(3,21)22)6-7-13(12)17-10/h4-9,17H,1-3H3,(H,18,20). The van der Waals surface area contributed by atoms with Crippen LogP contribution in [0.3, 0.4) is 0 Å². The number of rotatable bonds is 3. The van der Waals surface area contributed by atoms with Gasteiger partial charge in [-0.2, -0.15) is 0 Å². The van der Waals surface area contributed by atoms with Gasteiger partial charge in [-0.3, -0.25) is 4.79 Å². The monoisotopic (exact) mass is 331 g/mol. The zero-order valence-corrected chi connectivity index (χ0v) is 13.9. The van der Waals surface area contributed by atoms with E-state index in [2.05, 4.69) is 10.3 Å². The molecule has 0 aliphatic rings. The summed E-state index contributed by atoms with van der Waals surface area (Å²) in [5.41, 5.74) is 2.67. The zero-order chi connectivity index (χ0) is 16.8. The number of aromatic amines is 1. The number of carbonyl (C=O) groups excluding carboxylic acids is 1. The Bertz CT molecular complexity index is 1010. The molecule has 6 nitrogen and oxygen atoms in total. The molecule has 23 heavy (non-hydrogen) atoms. The van der Waals surface area contributed by atoms with Gasteiger partial charge in [0.25, 0.3) is 5.91 Å². The van der Waals surface area contributed by atoms with Gasteiger partial charge in [0, 0.05) is 36.1 Å². The van der Waals surface area contributed by atoms with Crippen molar-refractivity contribution in [3.05, 3.63) is 47.9 Å². The highest BCUT2D eigenvalue weighted by atomic mass is 32.2. The molecule has 7 heteroatoms. The van der Waals surface area contributed by atoms with Gasteiger partial charge in [0.1, 0.15) is 5.69 Å². The van der Waals surface area contributed by atoms with Crippen molar-refractivity contribution in [3.8, 4) is 0 Å². The van der Waals surface area contributed by atoms with Gasteiger partial charge in [-0.15, -0.1) is 0 Å². The predicted molar refractivity (Wildman–Crippen MR) is 89.5 cm³/mol. The first-order valence-electron chi connectivity index (χ1n) is 7.02. The first-order valence-corrected chi connectivity index (χ1v) is 8.91. The number of H-pyrrole nitrogens is 1. The summed E-state index contributed by atoms with van der Waals surface area (Å²) in [6, 6.07) is 8.35. The van der Waals surface area contributed by atoms with E-state index in [4.69, 9.17) is 0 Å². The third-order valence-electron chi connectivity index (χ3n) is 3.80. The highest BCUT2D eigenvalue weighted by Gasteiger charge is 2.16. The quantitative estimate of drug-likeness (QED) is 0.773. The number of carbonyl (C=O) groups is 1. The van der Waals surface area contributed by atoms with Gasteiger partial charge >= 0.3 is 0 Å². The molecule has 0 unspecified atom stereocenters. The number of benzene rings is 1. The van der Waals surface area contributed by atoms with Crippen molar-refractivity contribution in [2.75, 3.05) is 11.6 Å². The number of hydrogen-bond acceptors (Lipinski definition) is 3. The fourth-order valence-electron chi connectivity index (χ4n) is 2.57. The van der Waals surface area contributed by atoms with E-state index in [1.165, 1.54) is 0 Å². The Balaban J connectivity index is 2.08. The molecule has 1 amide bonds. The predicted octanol–water partition coefficient (Wildman–Crippen LogP) is 2.47. The molecule has 2 heterocycles. The maximum Gasteiger partial charge on any atom is 0.272 e. The Morgan fingerprint density at radius 1 is 1.26 bits per heavy atom. The third kappa shape index (κ3) is 2.75. The number of nitrogens with one attached hydrogen (secondary N) is 2. The Morgan fingerprint density at radius 2 is 2.00 bits per heavy atom. The van der Waals surface area contributed by atoms with Gasteiger partial charge in [0.05, 0.1) is 10.6 Å². The number of aromatic nitrogens is 2. The second-order valence-corrected chi connectivity index (χ2v) is 7.58. The number of amides is 1. The molecule has 0 aliphatic heterocycles. The smallest absolute Gasteiger partial charge is 0.272 e. The largest absolute Gasteiger partial charge is 0.357 e. The molecule has 3 aromatic rings. The SMILES string of the molecule is Cc1[nH]c2ccc(S(C)(=O)=O)cc2c1NC(=O)c1cccn1C. The first-order chi connectivity index (χ1) is 10.8. The molecule has 2 aromatic heterocycles. The summed E-state index contributed by atoms with van der Waals surface area (Å²) in [5, 5.41) is 3.54. The van der Waals surface area contributed by atoms with E-state index in [0.29, 0.717) is 16.8 Å². The van der Waals surface area contributed by atoms with Crippen molar-refractivity contribution in [3.63, 3.8) is 0 Å². The molecule has 3 rings (SSSR count). The maximum absolute atomic E-state index is 12.4. The van der Waals surface area contributed by atoms with Gasteiger partial charge in [0.15, 0.2) is 9.84 Å².